The molecule has 0 aliphatic carbocycles. The number of benzene rings is 2. The van der Waals surface area contributed by atoms with Crippen LogP contribution >= 0.6 is 11.8 Å². The first-order valence-corrected chi connectivity index (χ1v) is 10.2. The van der Waals surface area contributed by atoms with Gasteiger partial charge in [0, 0.05) is 29.1 Å². The molecule has 2 heterocycles. The fourth-order valence-corrected chi connectivity index (χ4v) is 5.74. The van der Waals surface area contributed by atoms with E-state index in [4.69, 9.17) is 0 Å². The summed E-state index contributed by atoms with van der Waals surface area (Å²) >= 11 is 1.35. The largest absolute Gasteiger partial charge is 0.323 e. The molecule has 0 radical (unpaired) electrons. The smallest absolute Gasteiger partial charge is 0.309 e. The molecule has 8 heteroatoms. The van der Waals surface area contributed by atoms with E-state index in [1.54, 1.807) is 11.0 Å². The van der Waals surface area contributed by atoms with Gasteiger partial charge in [-0.2, -0.15) is 0 Å². The number of nitrogens with zero attached hydrogens (tertiary/aromatic N) is 2. The molecule has 4 rings (SSSR count). The standard InChI is InChI=1S/C21H21F2N3O2S/c1-4-25-17-10-7-14(23)11-16(17)21(18(25)27)26(12-20(2,3)29-21)19(28)24-15-8-5-13(22)6-9-15/h5-11H,4,12H2,1-3H3,(H,24,28)/t21-/m1/s1. The van der Waals surface area contributed by atoms with Crippen LogP contribution < -0.4 is 10.2 Å². The fourth-order valence-electron chi connectivity index (χ4n) is 4.01. The third-order valence-electron chi connectivity index (χ3n) is 5.15. The maximum Gasteiger partial charge on any atom is 0.323 e. The minimum absolute atomic E-state index is 0.259. The van der Waals surface area contributed by atoms with Crippen molar-refractivity contribution in [2.45, 2.75) is 30.4 Å². The summed E-state index contributed by atoms with van der Waals surface area (Å²) in [5.41, 5.74) is 1.51. The minimum Gasteiger partial charge on any atom is -0.309 e. The summed E-state index contributed by atoms with van der Waals surface area (Å²) in [5.74, 6) is -1.13. The number of rotatable bonds is 2. The summed E-state index contributed by atoms with van der Waals surface area (Å²) in [6.07, 6.45) is 0. The quantitative estimate of drug-likeness (QED) is 0.780. The lowest BCUT2D eigenvalue weighted by atomic mass is 10.0. The van der Waals surface area contributed by atoms with Gasteiger partial charge in [-0.3, -0.25) is 9.69 Å². The Bertz CT molecular complexity index is 996. The first kappa shape index (κ1) is 19.7. The molecule has 0 saturated carbocycles. The molecule has 2 aromatic rings. The summed E-state index contributed by atoms with van der Waals surface area (Å²) in [4.78, 5) is 28.5. The van der Waals surface area contributed by atoms with Crippen LogP contribution in [0.1, 0.15) is 26.3 Å². The Hall–Kier alpha value is -2.61. The van der Waals surface area contributed by atoms with Crippen molar-refractivity contribution >= 4 is 35.1 Å². The zero-order valence-electron chi connectivity index (χ0n) is 16.3. The number of fused-ring (bicyclic) bond motifs is 2. The van der Waals surface area contributed by atoms with Crippen molar-refractivity contribution in [3.63, 3.8) is 0 Å². The zero-order valence-corrected chi connectivity index (χ0v) is 17.1. The van der Waals surface area contributed by atoms with E-state index in [1.807, 2.05) is 20.8 Å². The van der Waals surface area contributed by atoms with Gasteiger partial charge < -0.3 is 10.2 Å². The van der Waals surface area contributed by atoms with Crippen LogP contribution in [0, 0.1) is 11.6 Å². The first-order valence-electron chi connectivity index (χ1n) is 9.34. The molecule has 0 aromatic heterocycles. The Morgan fingerprint density at radius 3 is 2.45 bits per heavy atom. The van der Waals surface area contributed by atoms with E-state index in [0.717, 1.165) is 0 Å². The van der Waals surface area contributed by atoms with Gasteiger partial charge in [0.15, 0.2) is 4.87 Å². The van der Waals surface area contributed by atoms with Crippen LogP contribution in [-0.4, -0.2) is 34.7 Å². The second-order valence-electron chi connectivity index (χ2n) is 7.74. The number of hydrogen-bond donors (Lipinski definition) is 1. The fraction of sp³-hybridized carbons (Fsp3) is 0.333. The number of halogens is 2. The Balaban J connectivity index is 1.80. The van der Waals surface area contributed by atoms with Crippen LogP contribution in [0.3, 0.4) is 0 Å². The van der Waals surface area contributed by atoms with Crippen LogP contribution in [0.4, 0.5) is 25.0 Å². The van der Waals surface area contributed by atoms with E-state index in [1.165, 1.54) is 53.1 Å². The summed E-state index contributed by atoms with van der Waals surface area (Å²) < 4.78 is 26.9. The molecule has 152 valence electrons. The Morgan fingerprint density at radius 2 is 1.79 bits per heavy atom. The molecule has 29 heavy (non-hydrogen) atoms. The molecule has 1 N–H and O–H groups in total. The second-order valence-corrected chi connectivity index (χ2v) is 9.64. The lowest BCUT2D eigenvalue weighted by Crippen LogP contribution is -2.51. The second kappa shape index (κ2) is 6.73. The Kier molecular flexibility index (Phi) is 4.57. The molecule has 3 amide bonds. The number of urea groups is 1. The van der Waals surface area contributed by atoms with Crippen molar-refractivity contribution in [2.75, 3.05) is 23.3 Å². The van der Waals surface area contributed by atoms with Crippen molar-refractivity contribution in [3.8, 4) is 0 Å². The zero-order chi connectivity index (χ0) is 21.0. The van der Waals surface area contributed by atoms with Gasteiger partial charge in [0.25, 0.3) is 5.91 Å². The number of carbonyl (C=O) groups is 2. The number of carbonyl (C=O) groups excluding carboxylic acids is 2. The van der Waals surface area contributed by atoms with Crippen LogP contribution in [0.5, 0.6) is 0 Å². The van der Waals surface area contributed by atoms with Gasteiger partial charge in [-0.1, -0.05) is 0 Å². The van der Waals surface area contributed by atoms with Gasteiger partial charge in [-0.25, -0.2) is 13.6 Å². The summed E-state index contributed by atoms with van der Waals surface area (Å²) in [5, 5.41) is 2.74. The minimum atomic E-state index is -1.35. The number of hydrogen-bond acceptors (Lipinski definition) is 3. The SMILES string of the molecule is CCN1C(=O)[C@]2(SC(C)(C)CN2C(=O)Nc2ccc(F)cc2)c2cc(F)ccc21. The normalized spacial score (nSPS) is 22.3. The highest BCUT2D eigenvalue weighted by Crippen LogP contribution is 2.59. The van der Waals surface area contributed by atoms with Crippen LogP contribution in [0.15, 0.2) is 42.5 Å². The number of nitrogens with one attached hydrogen (secondary N) is 1. The highest BCUT2D eigenvalue weighted by atomic mass is 32.2. The third-order valence-corrected chi connectivity index (χ3v) is 6.74. The van der Waals surface area contributed by atoms with E-state index in [9.17, 15) is 18.4 Å². The molecule has 1 saturated heterocycles. The van der Waals surface area contributed by atoms with Gasteiger partial charge in [0.1, 0.15) is 11.6 Å². The van der Waals surface area contributed by atoms with Gasteiger partial charge in [0.2, 0.25) is 0 Å². The highest BCUT2D eigenvalue weighted by Gasteiger charge is 2.63. The molecule has 2 aliphatic rings. The van der Waals surface area contributed by atoms with Gasteiger partial charge in [-0.05, 0) is 63.2 Å². The predicted octanol–water partition coefficient (Wildman–Crippen LogP) is 4.54. The lowest BCUT2D eigenvalue weighted by Gasteiger charge is -2.33. The van der Waals surface area contributed by atoms with E-state index < -0.39 is 27.3 Å². The van der Waals surface area contributed by atoms with E-state index in [2.05, 4.69) is 5.32 Å². The topological polar surface area (TPSA) is 52.7 Å². The van der Waals surface area contributed by atoms with Crippen molar-refractivity contribution in [1.29, 1.82) is 0 Å². The maximum atomic E-state index is 14.2. The maximum absolute atomic E-state index is 14.2. The van der Waals surface area contributed by atoms with Crippen LogP contribution in [0.25, 0.3) is 0 Å². The number of likely N-dealkylation sites (N-methyl/N-ethyl adjacent to an activating group) is 1. The van der Waals surface area contributed by atoms with Crippen molar-refractivity contribution in [2.24, 2.45) is 0 Å². The molecule has 2 aliphatic heterocycles. The molecule has 1 spiro atoms. The highest BCUT2D eigenvalue weighted by molar-refractivity contribution is 8.02. The molecule has 1 atom stereocenters. The number of amides is 3. The van der Waals surface area contributed by atoms with E-state index >= 15 is 0 Å². The van der Waals surface area contributed by atoms with Crippen LogP contribution in [-0.2, 0) is 9.67 Å². The summed E-state index contributed by atoms with van der Waals surface area (Å²) in [6.45, 7) is 6.45. The van der Waals surface area contributed by atoms with Crippen molar-refractivity contribution in [3.05, 3.63) is 59.7 Å². The van der Waals surface area contributed by atoms with Crippen molar-refractivity contribution < 1.29 is 18.4 Å². The average Bonchev–Trinajstić information content (AvgIpc) is 3.08. The summed E-state index contributed by atoms with van der Waals surface area (Å²) in [7, 11) is 0. The number of thioether (sulfide) groups is 1. The van der Waals surface area contributed by atoms with E-state index in [0.29, 0.717) is 30.0 Å². The van der Waals surface area contributed by atoms with Gasteiger partial charge >= 0.3 is 6.03 Å². The Morgan fingerprint density at radius 1 is 1.14 bits per heavy atom. The van der Waals surface area contributed by atoms with Gasteiger partial charge in [0.05, 0.1) is 5.69 Å². The third kappa shape index (κ3) is 3.06. The molecule has 0 bridgehead atoms. The molecule has 0 unspecified atom stereocenters. The Labute approximate surface area is 172 Å². The molecular weight excluding hydrogens is 396 g/mol. The molecular formula is C21H21F2N3O2S. The average molecular weight is 417 g/mol. The summed E-state index contributed by atoms with van der Waals surface area (Å²) in [6, 6.07) is 9.17. The first-order chi connectivity index (χ1) is 13.7. The predicted molar refractivity (Wildman–Crippen MR) is 110 cm³/mol. The van der Waals surface area contributed by atoms with Gasteiger partial charge in [-0.15, -0.1) is 11.8 Å². The van der Waals surface area contributed by atoms with Crippen molar-refractivity contribution in [1.82, 2.24) is 4.90 Å². The van der Waals surface area contributed by atoms with Crippen LogP contribution in [0.2, 0.25) is 0 Å². The van der Waals surface area contributed by atoms with E-state index in [-0.39, 0.29) is 5.91 Å². The molecule has 2 aromatic carbocycles. The molecule has 5 nitrogen and oxygen atoms in total. The molecule has 1 fully saturated rings. The lowest BCUT2D eigenvalue weighted by molar-refractivity contribution is -0.123. The number of anilines is 2. The monoisotopic (exact) mass is 417 g/mol.